The van der Waals surface area contributed by atoms with Crippen molar-refractivity contribution < 1.29 is 38.1 Å². The molecule has 2 aromatic carbocycles. The van der Waals surface area contributed by atoms with Crippen LogP contribution in [0.15, 0.2) is 59.5 Å². The largest absolute Gasteiger partial charge is 0.465 e. The number of aromatic nitrogens is 2. The second-order valence-electron chi connectivity index (χ2n) is 10.4. The number of hydrogen-bond donors (Lipinski definition) is 4. The van der Waals surface area contributed by atoms with Crippen molar-refractivity contribution in [3.05, 3.63) is 65.2 Å². The molecule has 1 saturated heterocycles. The highest BCUT2D eigenvalue weighted by atomic mass is 31.2. The first kappa shape index (κ1) is 31.6. The fraction of sp³-hybridized carbons (Fsp3) is 0.464. The van der Waals surface area contributed by atoms with Crippen molar-refractivity contribution in [1.29, 1.82) is 0 Å². The number of aliphatic hydroxyl groups is 2. The summed E-state index contributed by atoms with van der Waals surface area (Å²) in [6, 6.07) is 12.7. The van der Waals surface area contributed by atoms with Gasteiger partial charge in [0.25, 0.3) is 0 Å². The van der Waals surface area contributed by atoms with Crippen molar-refractivity contribution in [3.8, 4) is 5.75 Å². The molecule has 4 rings (SSSR count). The van der Waals surface area contributed by atoms with Crippen LogP contribution in [0.3, 0.4) is 0 Å². The number of rotatable bonds is 12. The van der Waals surface area contributed by atoms with Gasteiger partial charge >= 0.3 is 19.4 Å². The number of carbonyl (C=O) groups is 1. The summed E-state index contributed by atoms with van der Waals surface area (Å²) in [6.45, 7) is 6.37. The van der Waals surface area contributed by atoms with Gasteiger partial charge in [-0.1, -0.05) is 49.7 Å². The lowest BCUT2D eigenvalue weighted by molar-refractivity contribution is -0.145. The standard InChI is InChI=1S/C28H37N4O9P/c1-5-6-16-38-25(34)17(2)31-42(37,41-21-13-9-11-19-10-7-8-12-20(19)21)40-18(3)23-24(33)28(4,36)26(39-23)32-15-14-22(29)30-27(32)35/h7-15,17-18,23-24,26,33,36H,5-6,16H2,1-4H3,(H,31,37)(H2,29,30,35)/t17-,18?,23+,24+,26+,28+,42?/m0/s1. The minimum absolute atomic E-state index is 0.0253. The Kier molecular flexibility index (Phi) is 9.71. The van der Waals surface area contributed by atoms with E-state index in [1.165, 1.54) is 33.0 Å². The molecule has 7 atom stereocenters. The highest BCUT2D eigenvalue weighted by molar-refractivity contribution is 7.52. The first-order valence-electron chi connectivity index (χ1n) is 13.7. The van der Waals surface area contributed by atoms with E-state index in [1.807, 2.05) is 25.1 Å². The molecule has 1 aliphatic heterocycles. The van der Waals surface area contributed by atoms with Crippen molar-refractivity contribution in [2.45, 2.75) is 76.7 Å². The van der Waals surface area contributed by atoms with Gasteiger partial charge in [0.05, 0.1) is 12.7 Å². The summed E-state index contributed by atoms with van der Waals surface area (Å²) in [5.41, 5.74) is 2.80. The Morgan fingerprint density at radius 1 is 1.24 bits per heavy atom. The molecule has 2 unspecified atom stereocenters. The van der Waals surface area contributed by atoms with E-state index in [1.54, 1.807) is 24.3 Å². The van der Waals surface area contributed by atoms with Crippen molar-refractivity contribution in [3.63, 3.8) is 0 Å². The SMILES string of the molecule is CCCCOC(=O)[C@H](C)NP(=O)(Oc1cccc2ccccc12)OC(C)[C@H]1O[C@@H](n2ccc(N)nc2=O)[C@](C)(O)[C@@H]1O. The van der Waals surface area contributed by atoms with Gasteiger partial charge in [-0.15, -0.1) is 0 Å². The number of nitrogens with two attached hydrogens (primary N) is 1. The Morgan fingerprint density at radius 3 is 2.67 bits per heavy atom. The Labute approximate surface area is 243 Å². The normalized spacial score (nSPS) is 25.0. The van der Waals surface area contributed by atoms with Crippen LogP contribution in [-0.2, 0) is 23.4 Å². The average Bonchev–Trinajstić information content (AvgIpc) is 3.17. The molecule has 5 N–H and O–H groups in total. The quantitative estimate of drug-likeness (QED) is 0.135. The van der Waals surface area contributed by atoms with Gasteiger partial charge in [0.1, 0.15) is 35.4 Å². The van der Waals surface area contributed by atoms with Crippen LogP contribution in [0.25, 0.3) is 10.8 Å². The number of ether oxygens (including phenoxy) is 2. The van der Waals surface area contributed by atoms with Gasteiger partial charge in [-0.05, 0) is 44.7 Å². The summed E-state index contributed by atoms with van der Waals surface area (Å²) in [4.78, 5) is 28.7. The summed E-state index contributed by atoms with van der Waals surface area (Å²) in [6.07, 6.45) is -2.66. The maximum Gasteiger partial charge on any atom is 0.459 e. The van der Waals surface area contributed by atoms with E-state index in [2.05, 4.69) is 10.1 Å². The van der Waals surface area contributed by atoms with Crippen LogP contribution in [0.5, 0.6) is 5.75 Å². The van der Waals surface area contributed by atoms with Gasteiger partial charge in [0, 0.05) is 11.6 Å². The van der Waals surface area contributed by atoms with Gasteiger partial charge in [-0.2, -0.15) is 10.1 Å². The lowest BCUT2D eigenvalue weighted by Crippen LogP contribution is -2.47. The third kappa shape index (κ3) is 6.83. The molecule has 1 fully saturated rings. The number of nitrogen functional groups attached to an aromatic ring is 1. The number of aliphatic hydroxyl groups excluding tert-OH is 1. The van der Waals surface area contributed by atoms with Crippen LogP contribution in [0.4, 0.5) is 5.82 Å². The van der Waals surface area contributed by atoms with E-state index in [0.717, 1.165) is 16.4 Å². The second-order valence-corrected chi connectivity index (χ2v) is 12.1. The second kappa shape index (κ2) is 12.9. The number of unbranched alkanes of at least 4 members (excludes halogenated alkanes) is 1. The zero-order valence-electron chi connectivity index (χ0n) is 23.9. The van der Waals surface area contributed by atoms with E-state index < -0.39 is 55.6 Å². The molecule has 14 heteroatoms. The third-order valence-electron chi connectivity index (χ3n) is 6.98. The van der Waals surface area contributed by atoms with E-state index >= 15 is 0 Å². The van der Waals surface area contributed by atoms with Crippen LogP contribution in [0.2, 0.25) is 0 Å². The molecule has 0 aliphatic carbocycles. The maximum absolute atomic E-state index is 14.3. The number of esters is 1. The van der Waals surface area contributed by atoms with Crippen LogP contribution >= 0.6 is 7.75 Å². The Hall–Kier alpha value is -3.32. The Bertz CT molecular complexity index is 1510. The topological polar surface area (TPSA) is 184 Å². The van der Waals surface area contributed by atoms with E-state index in [9.17, 15) is 24.4 Å². The van der Waals surface area contributed by atoms with Gasteiger partial charge in [-0.3, -0.25) is 13.9 Å². The zero-order valence-corrected chi connectivity index (χ0v) is 24.8. The fourth-order valence-electron chi connectivity index (χ4n) is 4.65. The fourth-order valence-corrected chi connectivity index (χ4v) is 6.36. The lowest BCUT2D eigenvalue weighted by atomic mass is 9.94. The van der Waals surface area contributed by atoms with Crippen molar-refractivity contribution in [2.24, 2.45) is 0 Å². The van der Waals surface area contributed by atoms with Crippen LogP contribution in [0.1, 0.15) is 46.8 Å². The molecule has 13 nitrogen and oxygen atoms in total. The molecule has 1 aliphatic rings. The Balaban J connectivity index is 1.62. The summed E-state index contributed by atoms with van der Waals surface area (Å²) < 4.78 is 38.3. The summed E-state index contributed by atoms with van der Waals surface area (Å²) in [5, 5.41) is 26.3. The highest BCUT2D eigenvalue weighted by Gasteiger charge is 2.56. The minimum Gasteiger partial charge on any atom is -0.465 e. The number of nitrogens with one attached hydrogen (secondary N) is 1. The molecule has 3 aromatic rings. The molecular formula is C28H37N4O9P. The van der Waals surface area contributed by atoms with Crippen molar-refractivity contribution in [2.75, 3.05) is 12.3 Å². The lowest BCUT2D eigenvalue weighted by Gasteiger charge is -2.30. The van der Waals surface area contributed by atoms with E-state index in [-0.39, 0.29) is 18.2 Å². The van der Waals surface area contributed by atoms with Crippen molar-refractivity contribution >= 4 is 30.3 Å². The predicted octanol–water partition coefficient (Wildman–Crippen LogP) is 2.90. The maximum atomic E-state index is 14.3. The smallest absolute Gasteiger partial charge is 0.459 e. The number of fused-ring (bicyclic) bond motifs is 1. The van der Waals surface area contributed by atoms with Gasteiger partial charge in [0.2, 0.25) is 0 Å². The highest BCUT2D eigenvalue weighted by Crippen LogP contribution is 2.50. The van der Waals surface area contributed by atoms with Crippen LogP contribution in [0, 0.1) is 0 Å². The summed E-state index contributed by atoms with van der Waals surface area (Å²) in [7, 11) is -4.40. The van der Waals surface area contributed by atoms with E-state index in [0.29, 0.717) is 11.8 Å². The molecule has 2 heterocycles. The number of nitrogens with zero attached hydrogens (tertiary/aromatic N) is 2. The third-order valence-corrected chi connectivity index (χ3v) is 8.73. The number of benzene rings is 2. The molecule has 0 saturated carbocycles. The monoisotopic (exact) mass is 604 g/mol. The van der Waals surface area contributed by atoms with Gasteiger partial charge < -0.3 is 29.9 Å². The first-order chi connectivity index (χ1) is 19.9. The average molecular weight is 605 g/mol. The molecule has 1 aromatic heterocycles. The molecular weight excluding hydrogens is 567 g/mol. The molecule has 228 valence electrons. The number of hydrogen-bond acceptors (Lipinski definition) is 11. The molecule has 0 amide bonds. The summed E-state index contributed by atoms with van der Waals surface area (Å²) in [5.74, 6) is -0.459. The molecule has 0 bridgehead atoms. The Morgan fingerprint density at radius 2 is 1.95 bits per heavy atom. The molecule has 0 spiro atoms. The first-order valence-corrected chi connectivity index (χ1v) is 15.2. The van der Waals surface area contributed by atoms with Gasteiger partial charge in [0.15, 0.2) is 6.23 Å². The van der Waals surface area contributed by atoms with E-state index in [4.69, 9.17) is 24.3 Å². The summed E-state index contributed by atoms with van der Waals surface area (Å²) >= 11 is 0. The van der Waals surface area contributed by atoms with Crippen LogP contribution < -0.4 is 21.0 Å². The van der Waals surface area contributed by atoms with Crippen LogP contribution in [-0.4, -0.2) is 62.3 Å². The van der Waals surface area contributed by atoms with Crippen molar-refractivity contribution in [1.82, 2.24) is 14.6 Å². The van der Waals surface area contributed by atoms with Gasteiger partial charge in [-0.25, -0.2) is 9.36 Å². The number of carbonyl (C=O) groups excluding carboxylic acids is 1. The molecule has 42 heavy (non-hydrogen) atoms. The predicted molar refractivity (Wildman–Crippen MR) is 155 cm³/mol. The number of anilines is 1. The molecule has 0 radical (unpaired) electrons. The minimum atomic E-state index is -4.40. The zero-order chi connectivity index (χ0) is 30.7.